The van der Waals surface area contributed by atoms with Crippen molar-refractivity contribution in [1.29, 1.82) is 0 Å². The van der Waals surface area contributed by atoms with Gasteiger partial charge in [0.05, 0.1) is 0 Å². The van der Waals surface area contributed by atoms with Gasteiger partial charge >= 0.3 is 12.6 Å². The van der Waals surface area contributed by atoms with Crippen LogP contribution in [0.5, 0.6) is 5.75 Å². The first-order chi connectivity index (χ1) is 14.3. The van der Waals surface area contributed by atoms with Crippen molar-refractivity contribution < 1.29 is 26.7 Å². The highest BCUT2D eigenvalue weighted by Crippen LogP contribution is 2.28. The van der Waals surface area contributed by atoms with Gasteiger partial charge in [0.15, 0.2) is 0 Å². The Balaban J connectivity index is 1.71. The normalized spacial score (nSPS) is 15.7. The van der Waals surface area contributed by atoms with Gasteiger partial charge in [0.2, 0.25) is 10.0 Å². The van der Waals surface area contributed by atoms with Gasteiger partial charge in [-0.25, -0.2) is 13.2 Å². The lowest BCUT2D eigenvalue weighted by Gasteiger charge is -2.23. The Morgan fingerprint density at radius 3 is 2.57 bits per heavy atom. The Morgan fingerprint density at radius 1 is 1.07 bits per heavy atom. The molecule has 3 rings (SSSR count). The van der Waals surface area contributed by atoms with Crippen LogP contribution in [0.15, 0.2) is 53.4 Å². The summed E-state index contributed by atoms with van der Waals surface area (Å²) in [5, 5.41) is 3.20. The molecule has 11 heteroatoms. The van der Waals surface area contributed by atoms with E-state index >= 15 is 0 Å². The number of benzene rings is 2. The molecule has 1 fully saturated rings. The summed E-state index contributed by atoms with van der Waals surface area (Å²) < 4.78 is 56.9. The molecule has 0 aromatic heterocycles. The lowest BCUT2D eigenvalue weighted by atomic mass is 10.3. The van der Waals surface area contributed by atoms with Crippen molar-refractivity contribution in [2.45, 2.75) is 17.9 Å². The molecule has 1 aliphatic rings. The molecule has 1 saturated heterocycles. The Hall–Kier alpha value is -2.43. The van der Waals surface area contributed by atoms with Crippen LogP contribution in [0.2, 0.25) is 5.02 Å². The molecule has 2 aromatic carbocycles. The summed E-state index contributed by atoms with van der Waals surface area (Å²) in [5.74, 6) is -0.410. The number of carbonyl (C=O) groups is 1. The number of carbonyl (C=O) groups excluding carboxylic acids is 1. The number of ether oxygens (including phenoxy) is 1. The average molecular weight is 460 g/mol. The Kier molecular flexibility index (Phi) is 7.11. The van der Waals surface area contributed by atoms with Crippen LogP contribution in [0.3, 0.4) is 0 Å². The van der Waals surface area contributed by atoms with Crippen LogP contribution in [0, 0.1) is 0 Å². The van der Waals surface area contributed by atoms with Crippen LogP contribution in [0.25, 0.3) is 0 Å². The summed E-state index contributed by atoms with van der Waals surface area (Å²) in [4.78, 5) is 13.7. The SMILES string of the molecule is O=C(Nc1cccc(Cl)c1)N1CCCN(S(=O)(=O)c2ccccc2OC(F)F)CC1. The van der Waals surface area contributed by atoms with Gasteiger partial charge in [-0.2, -0.15) is 13.1 Å². The fraction of sp³-hybridized carbons (Fsp3) is 0.316. The van der Waals surface area contributed by atoms with Crippen molar-refractivity contribution >= 4 is 33.3 Å². The van der Waals surface area contributed by atoms with Gasteiger partial charge in [-0.1, -0.05) is 29.8 Å². The third-order valence-electron chi connectivity index (χ3n) is 4.50. The van der Waals surface area contributed by atoms with E-state index < -0.39 is 22.4 Å². The Labute approximate surface area is 178 Å². The fourth-order valence-corrected chi connectivity index (χ4v) is 4.88. The molecular weight excluding hydrogens is 440 g/mol. The van der Waals surface area contributed by atoms with Crippen molar-refractivity contribution in [2.75, 3.05) is 31.5 Å². The topological polar surface area (TPSA) is 79.0 Å². The molecule has 1 aliphatic heterocycles. The highest BCUT2D eigenvalue weighted by atomic mass is 35.5. The zero-order chi connectivity index (χ0) is 21.7. The zero-order valence-corrected chi connectivity index (χ0v) is 17.4. The van der Waals surface area contributed by atoms with E-state index in [1.165, 1.54) is 33.5 Å². The maximum Gasteiger partial charge on any atom is 0.387 e. The summed E-state index contributed by atoms with van der Waals surface area (Å²) in [6.07, 6.45) is 0.389. The van der Waals surface area contributed by atoms with E-state index in [-0.39, 0.29) is 30.6 Å². The predicted molar refractivity (Wildman–Crippen MR) is 108 cm³/mol. The number of urea groups is 1. The van der Waals surface area contributed by atoms with Gasteiger partial charge < -0.3 is 15.0 Å². The van der Waals surface area contributed by atoms with Crippen molar-refractivity contribution in [3.05, 3.63) is 53.6 Å². The number of nitrogens with one attached hydrogen (secondary N) is 1. The fourth-order valence-electron chi connectivity index (χ4n) is 3.10. The summed E-state index contributed by atoms with van der Waals surface area (Å²) in [5.41, 5.74) is 0.527. The number of rotatable bonds is 5. The number of amides is 2. The molecule has 1 N–H and O–H groups in total. The number of alkyl halides is 2. The molecule has 7 nitrogen and oxygen atoms in total. The first kappa shape index (κ1) is 22.3. The number of halogens is 3. The lowest BCUT2D eigenvalue weighted by molar-refractivity contribution is -0.0517. The summed E-state index contributed by atoms with van der Waals surface area (Å²) in [7, 11) is -4.08. The van der Waals surface area contributed by atoms with Gasteiger partial charge in [-0.3, -0.25) is 0 Å². The second-order valence-corrected chi connectivity index (χ2v) is 8.85. The molecule has 0 aliphatic carbocycles. The summed E-state index contributed by atoms with van der Waals surface area (Å²) >= 11 is 5.92. The van der Waals surface area contributed by atoms with Crippen LogP contribution in [0.1, 0.15) is 6.42 Å². The maximum absolute atomic E-state index is 13.0. The molecule has 0 bridgehead atoms. The molecule has 0 spiro atoms. The molecule has 0 radical (unpaired) electrons. The monoisotopic (exact) mass is 459 g/mol. The molecule has 1 heterocycles. The molecule has 2 aromatic rings. The smallest absolute Gasteiger partial charge is 0.387 e. The lowest BCUT2D eigenvalue weighted by Crippen LogP contribution is -2.39. The molecule has 0 atom stereocenters. The second-order valence-electron chi connectivity index (χ2n) is 6.51. The molecule has 0 saturated carbocycles. The van der Waals surface area contributed by atoms with Crippen molar-refractivity contribution in [3.63, 3.8) is 0 Å². The first-order valence-corrected chi connectivity index (χ1v) is 10.9. The van der Waals surface area contributed by atoms with Crippen molar-refractivity contribution in [1.82, 2.24) is 9.21 Å². The van der Waals surface area contributed by atoms with Gasteiger partial charge in [0.1, 0.15) is 10.6 Å². The van der Waals surface area contributed by atoms with E-state index in [4.69, 9.17) is 11.6 Å². The van der Waals surface area contributed by atoms with Gasteiger partial charge in [0.25, 0.3) is 0 Å². The Bertz CT molecular complexity index is 1010. The minimum absolute atomic E-state index is 0.0221. The van der Waals surface area contributed by atoms with E-state index in [0.29, 0.717) is 23.7 Å². The minimum atomic E-state index is -4.08. The van der Waals surface area contributed by atoms with E-state index in [1.54, 1.807) is 24.3 Å². The first-order valence-electron chi connectivity index (χ1n) is 9.13. The molecule has 162 valence electrons. The molecule has 2 amide bonds. The minimum Gasteiger partial charge on any atom is -0.433 e. The largest absolute Gasteiger partial charge is 0.433 e. The summed E-state index contributed by atoms with van der Waals surface area (Å²) in [6.45, 7) is -2.49. The molecule has 0 unspecified atom stereocenters. The van der Waals surface area contributed by atoms with Crippen LogP contribution in [-0.4, -0.2) is 56.4 Å². The maximum atomic E-state index is 13.0. The van der Waals surface area contributed by atoms with Crippen LogP contribution >= 0.6 is 11.6 Å². The van der Waals surface area contributed by atoms with E-state index in [9.17, 15) is 22.0 Å². The number of hydrogen-bond acceptors (Lipinski definition) is 4. The van der Waals surface area contributed by atoms with Crippen LogP contribution in [-0.2, 0) is 10.0 Å². The molecular formula is C19H20ClF2N3O4S. The standard InChI is InChI=1S/C19H20ClF2N3O4S/c20-14-5-3-6-15(13-14)23-19(26)24-9-4-10-25(12-11-24)30(27,28)17-8-2-1-7-16(17)29-18(21)22/h1-3,5-8,13,18H,4,9-12H2,(H,23,26). The van der Waals surface area contributed by atoms with Gasteiger partial charge in [-0.05, 0) is 36.8 Å². The van der Waals surface area contributed by atoms with Gasteiger partial charge in [-0.15, -0.1) is 0 Å². The van der Waals surface area contributed by atoms with Crippen molar-refractivity contribution in [3.8, 4) is 5.75 Å². The Morgan fingerprint density at radius 2 is 1.83 bits per heavy atom. The van der Waals surface area contributed by atoms with E-state index in [0.717, 1.165) is 0 Å². The number of hydrogen-bond donors (Lipinski definition) is 1. The van der Waals surface area contributed by atoms with Crippen LogP contribution in [0.4, 0.5) is 19.3 Å². The van der Waals surface area contributed by atoms with E-state index in [1.807, 2.05) is 0 Å². The average Bonchev–Trinajstić information content (AvgIpc) is 2.95. The zero-order valence-electron chi connectivity index (χ0n) is 15.8. The highest BCUT2D eigenvalue weighted by Gasteiger charge is 2.31. The molecule has 30 heavy (non-hydrogen) atoms. The van der Waals surface area contributed by atoms with E-state index in [2.05, 4.69) is 10.1 Å². The number of para-hydroxylation sites is 1. The quantitative estimate of drug-likeness (QED) is 0.736. The van der Waals surface area contributed by atoms with Crippen LogP contribution < -0.4 is 10.1 Å². The third-order valence-corrected chi connectivity index (χ3v) is 6.67. The van der Waals surface area contributed by atoms with Crippen molar-refractivity contribution in [2.24, 2.45) is 0 Å². The van der Waals surface area contributed by atoms with Gasteiger partial charge in [0, 0.05) is 36.9 Å². The third kappa shape index (κ3) is 5.38. The number of sulfonamides is 1. The highest BCUT2D eigenvalue weighted by molar-refractivity contribution is 7.89. The number of nitrogens with zero attached hydrogens (tertiary/aromatic N) is 2. The second kappa shape index (κ2) is 9.59. The predicted octanol–water partition coefficient (Wildman–Crippen LogP) is 3.87. The summed E-state index contributed by atoms with van der Waals surface area (Å²) in [6, 6.07) is 11.6. The number of anilines is 1.